The standard InChI is InChI=1S/C23H23FN4O3/c1-15(29)17-4-2-6-20(12-17)25-21(30)14-28-11-3-5-18(13-28)23-26-22(27-31-23)16-7-9-19(24)10-8-16/h2,4,6-10,12,18H,3,5,11,13-14H2,1H3,(H,25,30). The molecule has 1 saturated heterocycles. The first-order chi connectivity index (χ1) is 15.0. The minimum Gasteiger partial charge on any atom is -0.339 e. The van der Waals surface area contributed by atoms with Crippen LogP contribution in [0.1, 0.15) is 41.9 Å². The van der Waals surface area contributed by atoms with Crippen molar-refractivity contribution in [2.24, 2.45) is 0 Å². The van der Waals surface area contributed by atoms with E-state index < -0.39 is 0 Å². The van der Waals surface area contributed by atoms with Crippen LogP contribution in [0.15, 0.2) is 53.1 Å². The number of nitrogens with zero attached hydrogens (tertiary/aromatic N) is 3. The summed E-state index contributed by atoms with van der Waals surface area (Å²) >= 11 is 0. The first-order valence-electron chi connectivity index (χ1n) is 10.2. The maximum Gasteiger partial charge on any atom is 0.238 e. The van der Waals surface area contributed by atoms with Gasteiger partial charge in [0, 0.05) is 23.4 Å². The number of anilines is 1. The predicted molar refractivity (Wildman–Crippen MR) is 113 cm³/mol. The minimum atomic E-state index is -0.318. The van der Waals surface area contributed by atoms with E-state index in [9.17, 15) is 14.0 Å². The van der Waals surface area contributed by atoms with Gasteiger partial charge in [-0.1, -0.05) is 17.3 Å². The molecule has 8 heteroatoms. The molecule has 3 aromatic rings. The highest BCUT2D eigenvalue weighted by molar-refractivity contribution is 5.97. The van der Waals surface area contributed by atoms with E-state index in [2.05, 4.69) is 20.4 Å². The highest BCUT2D eigenvalue weighted by Gasteiger charge is 2.27. The lowest BCUT2D eigenvalue weighted by Crippen LogP contribution is -2.39. The highest BCUT2D eigenvalue weighted by Crippen LogP contribution is 2.27. The van der Waals surface area contributed by atoms with Gasteiger partial charge in [-0.05, 0) is 62.7 Å². The molecule has 0 saturated carbocycles. The van der Waals surface area contributed by atoms with Crippen molar-refractivity contribution >= 4 is 17.4 Å². The van der Waals surface area contributed by atoms with E-state index in [0.29, 0.717) is 35.1 Å². The molecule has 0 radical (unpaired) electrons. The number of benzene rings is 2. The Bertz CT molecular complexity index is 1080. The van der Waals surface area contributed by atoms with E-state index in [1.54, 1.807) is 36.4 Å². The van der Waals surface area contributed by atoms with Gasteiger partial charge in [-0.2, -0.15) is 4.98 Å². The van der Waals surface area contributed by atoms with Crippen LogP contribution in [-0.2, 0) is 4.79 Å². The molecule has 1 aliphatic rings. The molecule has 0 spiro atoms. The zero-order chi connectivity index (χ0) is 21.8. The molecule has 0 bridgehead atoms. The largest absolute Gasteiger partial charge is 0.339 e. The Labute approximate surface area is 179 Å². The summed E-state index contributed by atoms with van der Waals surface area (Å²) in [5.74, 6) is 0.480. The second-order valence-corrected chi connectivity index (χ2v) is 7.72. The van der Waals surface area contributed by atoms with Gasteiger partial charge in [0.05, 0.1) is 12.5 Å². The van der Waals surface area contributed by atoms with Crippen molar-refractivity contribution in [1.82, 2.24) is 15.0 Å². The summed E-state index contributed by atoms with van der Waals surface area (Å²) in [5.41, 5.74) is 1.85. The lowest BCUT2D eigenvalue weighted by atomic mass is 9.98. The fourth-order valence-electron chi connectivity index (χ4n) is 3.74. The smallest absolute Gasteiger partial charge is 0.238 e. The number of ketones is 1. The summed E-state index contributed by atoms with van der Waals surface area (Å²) in [5, 5.41) is 6.88. The number of Topliss-reactive ketones (excluding diaryl/α,β-unsaturated/α-hetero) is 1. The molecule has 160 valence electrons. The van der Waals surface area contributed by atoms with Gasteiger partial charge in [0.15, 0.2) is 5.78 Å². The molecule has 7 nitrogen and oxygen atoms in total. The van der Waals surface area contributed by atoms with Crippen LogP contribution in [0, 0.1) is 5.82 Å². The van der Waals surface area contributed by atoms with Crippen LogP contribution >= 0.6 is 0 Å². The van der Waals surface area contributed by atoms with Crippen molar-refractivity contribution in [3.05, 3.63) is 65.8 Å². The van der Waals surface area contributed by atoms with Crippen LogP contribution in [0.5, 0.6) is 0 Å². The number of carbonyl (C=O) groups excluding carboxylic acids is 2. The monoisotopic (exact) mass is 422 g/mol. The van der Waals surface area contributed by atoms with Crippen molar-refractivity contribution < 1.29 is 18.5 Å². The maximum absolute atomic E-state index is 13.1. The summed E-state index contributed by atoms with van der Waals surface area (Å²) in [6, 6.07) is 12.9. The first-order valence-corrected chi connectivity index (χ1v) is 10.2. The Kier molecular flexibility index (Phi) is 6.18. The molecule has 1 unspecified atom stereocenters. The molecular weight excluding hydrogens is 399 g/mol. The van der Waals surface area contributed by atoms with E-state index in [4.69, 9.17) is 4.52 Å². The van der Waals surface area contributed by atoms with Crippen LogP contribution in [0.2, 0.25) is 0 Å². The first kappa shape index (κ1) is 20.9. The topological polar surface area (TPSA) is 88.3 Å². The van der Waals surface area contributed by atoms with Crippen molar-refractivity contribution in [3.8, 4) is 11.4 Å². The number of halogens is 1. The lowest BCUT2D eigenvalue weighted by Gasteiger charge is -2.30. The average Bonchev–Trinajstić information content (AvgIpc) is 3.25. The van der Waals surface area contributed by atoms with Gasteiger partial charge in [-0.3, -0.25) is 14.5 Å². The number of hydrogen-bond donors (Lipinski definition) is 1. The number of nitrogens with one attached hydrogen (secondary N) is 1. The predicted octanol–water partition coefficient (Wildman–Crippen LogP) is 3.90. The fraction of sp³-hybridized carbons (Fsp3) is 0.304. The quantitative estimate of drug-likeness (QED) is 0.606. The number of rotatable bonds is 6. The average molecular weight is 422 g/mol. The third-order valence-corrected chi connectivity index (χ3v) is 5.32. The molecule has 0 aliphatic carbocycles. The van der Waals surface area contributed by atoms with Gasteiger partial charge in [-0.25, -0.2) is 4.39 Å². The van der Waals surface area contributed by atoms with E-state index in [1.165, 1.54) is 19.1 Å². The van der Waals surface area contributed by atoms with E-state index in [-0.39, 0.29) is 30.0 Å². The Morgan fingerprint density at radius 3 is 2.81 bits per heavy atom. The maximum atomic E-state index is 13.1. The number of carbonyl (C=O) groups is 2. The SMILES string of the molecule is CC(=O)c1cccc(NC(=O)CN2CCCC(c3nc(-c4ccc(F)cc4)no3)C2)c1. The van der Waals surface area contributed by atoms with E-state index in [1.807, 2.05) is 0 Å². The summed E-state index contributed by atoms with van der Waals surface area (Å²) in [6.45, 7) is 3.16. The molecule has 1 fully saturated rings. The summed E-state index contributed by atoms with van der Waals surface area (Å²) < 4.78 is 18.6. The lowest BCUT2D eigenvalue weighted by molar-refractivity contribution is -0.117. The highest BCUT2D eigenvalue weighted by atomic mass is 19.1. The molecule has 1 aliphatic heterocycles. The van der Waals surface area contributed by atoms with E-state index >= 15 is 0 Å². The Balaban J connectivity index is 1.36. The molecule has 1 N–H and O–H groups in total. The molecular formula is C23H23FN4O3. The zero-order valence-corrected chi connectivity index (χ0v) is 17.2. The van der Waals surface area contributed by atoms with Crippen molar-refractivity contribution in [2.45, 2.75) is 25.7 Å². The number of amides is 1. The molecule has 2 aromatic carbocycles. The van der Waals surface area contributed by atoms with Gasteiger partial charge >= 0.3 is 0 Å². The van der Waals surface area contributed by atoms with Gasteiger partial charge in [0.25, 0.3) is 0 Å². The van der Waals surface area contributed by atoms with Gasteiger partial charge in [-0.15, -0.1) is 0 Å². The Hall–Kier alpha value is -3.39. The summed E-state index contributed by atoms with van der Waals surface area (Å²) in [7, 11) is 0. The molecule has 4 rings (SSSR count). The third-order valence-electron chi connectivity index (χ3n) is 5.32. The van der Waals surface area contributed by atoms with Crippen molar-refractivity contribution in [2.75, 3.05) is 25.0 Å². The van der Waals surface area contributed by atoms with Crippen molar-refractivity contribution in [1.29, 1.82) is 0 Å². The molecule has 1 aromatic heterocycles. The summed E-state index contributed by atoms with van der Waals surface area (Å²) in [6.07, 6.45) is 1.80. The van der Waals surface area contributed by atoms with Crippen LogP contribution in [0.25, 0.3) is 11.4 Å². The van der Waals surface area contributed by atoms with Crippen LogP contribution in [0.4, 0.5) is 10.1 Å². The minimum absolute atomic E-state index is 0.0317. The summed E-state index contributed by atoms with van der Waals surface area (Å²) in [4.78, 5) is 30.6. The number of likely N-dealkylation sites (tertiary alicyclic amines) is 1. The molecule has 1 amide bonds. The van der Waals surface area contributed by atoms with Gasteiger partial charge < -0.3 is 9.84 Å². The van der Waals surface area contributed by atoms with Gasteiger partial charge in [0.2, 0.25) is 17.6 Å². The molecule has 1 atom stereocenters. The normalized spacial score (nSPS) is 16.8. The third kappa shape index (κ3) is 5.21. The fourth-order valence-corrected chi connectivity index (χ4v) is 3.74. The van der Waals surface area contributed by atoms with E-state index in [0.717, 1.165) is 19.4 Å². The Morgan fingerprint density at radius 2 is 2.03 bits per heavy atom. The van der Waals surface area contributed by atoms with Crippen molar-refractivity contribution in [3.63, 3.8) is 0 Å². The number of hydrogen-bond acceptors (Lipinski definition) is 6. The second-order valence-electron chi connectivity index (χ2n) is 7.72. The molecule has 2 heterocycles. The van der Waals surface area contributed by atoms with Crippen LogP contribution in [-0.4, -0.2) is 46.4 Å². The zero-order valence-electron chi connectivity index (χ0n) is 17.2. The number of piperidine rings is 1. The molecule has 31 heavy (non-hydrogen) atoms. The Morgan fingerprint density at radius 1 is 1.23 bits per heavy atom. The van der Waals surface area contributed by atoms with Crippen LogP contribution in [0.3, 0.4) is 0 Å². The van der Waals surface area contributed by atoms with Gasteiger partial charge in [0.1, 0.15) is 5.82 Å². The van der Waals surface area contributed by atoms with Crippen LogP contribution < -0.4 is 5.32 Å². The second kappa shape index (κ2) is 9.18. The number of aromatic nitrogens is 2.